The predicted octanol–water partition coefficient (Wildman–Crippen LogP) is 3.02. The lowest BCUT2D eigenvalue weighted by Gasteiger charge is -2.11. The van der Waals surface area contributed by atoms with Gasteiger partial charge in [0, 0.05) is 4.88 Å². The van der Waals surface area contributed by atoms with Gasteiger partial charge < -0.3 is 0 Å². The second kappa shape index (κ2) is 4.91. The molecule has 1 aliphatic carbocycles. The lowest BCUT2D eigenvalue weighted by Crippen LogP contribution is -2.21. The van der Waals surface area contributed by atoms with Crippen LogP contribution in [0.2, 0.25) is 0 Å². The SMILES string of the molecule is Cc1ccsc1CNOC1CCCC1. The Morgan fingerprint density at radius 1 is 1.50 bits per heavy atom. The average Bonchev–Trinajstić information content (AvgIpc) is 2.78. The first-order valence-electron chi connectivity index (χ1n) is 5.28. The summed E-state index contributed by atoms with van der Waals surface area (Å²) in [6.07, 6.45) is 5.54. The molecule has 0 radical (unpaired) electrons. The van der Waals surface area contributed by atoms with Gasteiger partial charge in [0.05, 0.1) is 12.6 Å². The maximum absolute atomic E-state index is 5.59. The Hall–Kier alpha value is -0.380. The zero-order valence-electron chi connectivity index (χ0n) is 8.58. The van der Waals surface area contributed by atoms with Crippen molar-refractivity contribution in [1.29, 1.82) is 0 Å². The third-order valence-corrected chi connectivity index (χ3v) is 3.78. The number of hydrogen-bond donors (Lipinski definition) is 1. The monoisotopic (exact) mass is 211 g/mol. The molecule has 1 N–H and O–H groups in total. The molecule has 2 nitrogen and oxygen atoms in total. The van der Waals surface area contributed by atoms with Crippen LogP contribution in [0, 0.1) is 6.92 Å². The first-order valence-corrected chi connectivity index (χ1v) is 6.15. The molecule has 0 bridgehead atoms. The molecule has 1 saturated carbocycles. The summed E-state index contributed by atoms with van der Waals surface area (Å²) >= 11 is 1.79. The summed E-state index contributed by atoms with van der Waals surface area (Å²) in [7, 11) is 0. The fraction of sp³-hybridized carbons (Fsp3) is 0.636. The summed E-state index contributed by atoms with van der Waals surface area (Å²) in [4.78, 5) is 6.97. The maximum atomic E-state index is 5.59. The van der Waals surface area contributed by atoms with E-state index in [1.54, 1.807) is 11.3 Å². The van der Waals surface area contributed by atoms with Gasteiger partial charge in [0.1, 0.15) is 0 Å². The lowest BCUT2D eigenvalue weighted by molar-refractivity contribution is -0.0240. The molecule has 1 aliphatic rings. The van der Waals surface area contributed by atoms with Crippen LogP contribution in [0.5, 0.6) is 0 Å². The molecule has 1 aromatic heterocycles. The number of nitrogens with one attached hydrogen (secondary N) is 1. The number of thiophene rings is 1. The molecule has 3 heteroatoms. The van der Waals surface area contributed by atoms with Crippen molar-refractivity contribution in [1.82, 2.24) is 5.48 Å². The second-order valence-electron chi connectivity index (χ2n) is 3.87. The molecule has 0 saturated heterocycles. The highest BCUT2D eigenvalue weighted by Crippen LogP contribution is 2.20. The quantitative estimate of drug-likeness (QED) is 0.773. The van der Waals surface area contributed by atoms with Crippen LogP contribution < -0.4 is 5.48 Å². The molecular weight excluding hydrogens is 194 g/mol. The second-order valence-corrected chi connectivity index (χ2v) is 4.87. The summed E-state index contributed by atoms with van der Waals surface area (Å²) in [5.74, 6) is 0. The van der Waals surface area contributed by atoms with Crippen LogP contribution >= 0.6 is 11.3 Å². The molecule has 0 spiro atoms. The van der Waals surface area contributed by atoms with Crippen LogP contribution in [0.1, 0.15) is 36.1 Å². The molecule has 0 atom stereocenters. The van der Waals surface area contributed by atoms with Crippen LogP contribution in [0.4, 0.5) is 0 Å². The minimum atomic E-state index is 0.454. The highest BCUT2D eigenvalue weighted by molar-refractivity contribution is 7.10. The molecule has 0 aromatic carbocycles. The van der Waals surface area contributed by atoms with Crippen LogP contribution in [-0.4, -0.2) is 6.10 Å². The lowest BCUT2D eigenvalue weighted by atomic mass is 10.3. The van der Waals surface area contributed by atoms with E-state index in [9.17, 15) is 0 Å². The smallest absolute Gasteiger partial charge is 0.0790 e. The van der Waals surface area contributed by atoms with Crippen LogP contribution in [-0.2, 0) is 11.4 Å². The van der Waals surface area contributed by atoms with Crippen molar-refractivity contribution in [3.8, 4) is 0 Å². The predicted molar refractivity (Wildman–Crippen MR) is 59.2 cm³/mol. The Morgan fingerprint density at radius 2 is 2.29 bits per heavy atom. The average molecular weight is 211 g/mol. The third kappa shape index (κ3) is 2.56. The number of hydrogen-bond acceptors (Lipinski definition) is 3. The first-order chi connectivity index (χ1) is 6.86. The van der Waals surface area contributed by atoms with E-state index in [1.165, 1.54) is 36.1 Å². The van der Waals surface area contributed by atoms with Gasteiger partial charge in [0.25, 0.3) is 0 Å². The highest BCUT2D eigenvalue weighted by Gasteiger charge is 2.15. The van der Waals surface area contributed by atoms with Crippen molar-refractivity contribution in [3.05, 3.63) is 21.9 Å². The van der Waals surface area contributed by atoms with Gasteiger partial charge in [-0.2, -0.15) is 5.48 Å². The molecule has 14 heavy (non-hydrogen) atoms. The zero-order chi connectivity index (χ0) is 9.80. The summed E-state index contributed by atoms with van der Waals surface area (Å²) in [5.41, 5.74) is 4.44. The Morgan fingerprint density at radius 3 is 2.93 bits per heavy atom. The van der Waals surface area contributed by atoms with E-state index in [0.717, 1.165) is 6.54 Å². The number of rotatable bonds is 4. The Bertz CT molecular complexity index is 279. The van der Waals surface area contributed by atoms with E-state index in [-0.39, 0.29) is 0 Å². The molecule has 1 heterocycles. The van der Waals surface area contributed by atoms with Crippen molar-refractivity contribution in [3.63, 3.8) is 0 Å². The van der Waals surface area contributed by atoms with E-state index < -0.39 is 0 Å². The van der Waals surface area contributed by atoms with Crippen LogP contribution in [0.15, 0.2) is 11.4 Å². The van der Waals surface area contributed by atoms with Gasteiger partial charge in [0.2, 0.25) is 0 Å². The normalized spacial score (nSPS) is 17.8. The van der Waals surface area contributed by atoms with Gasteiger partial charge in [-0.25, -0.2) is 0 Å². The Balaban J connectivity index is 1.70. The van der Waals surface area contributed by atoms with Crippen molar-refractivity contribution in [2.24, 2.45) is 0 Å². The van der Waals surface area contributed by atoms with E-state index in [1.807, 2.05) is 0 Å². The van der Waals surface area contributed by atoms with E-state index in [2.05, 4.69) is 23.9 Å². The molecule has 0 aliphatic heterocycles. The van der Waals surface area contributed by atoms with E-state index >= 15 is 0 Å². The van der Waals surface area contributed by atoms with E-state index in [0.29, 0.717) is 6.10 Å². The molecular formula is C11H17NOS. The van der Waals surface area contributed by atoms with Crippen LogP contribution in [0.25, 0.3) is 0 Å². The molecule has 1 fully saturated rings. The van der Waals surface area contributed by atoms with Gasteiger partial charge in [-0.15, -0.1) is 11.3 Å². The highest BCUT2D eigenvalue weighted by atomic mass is 32.1. The van der Waals surface area contributed by atoms with Gasteiger partial charge in [-0.05, 0) is 36.8 Å². The maximum Gasteiger partial charge on any atom is 0.0790 e. The fourth-order valence-electron chi connectivity index (χ4n) is 1.82. The number of aryl methyl sites for hydroxylation is 1. The van der Waals surface area contributed by atoms with Crippen LogP contribution in [0.3, 0.4) is 0 Å². The standard InChI is InChI=1S/C11H17NOS/c1-9-6-7-14-11(9)8-12-13-10-4-2-3-5-10/h6-7,10,12H,2-5,8H2,1H3. The van der Waals surface area contributed by atoms with Gasteiger partial charge >= 0.3 is 0 Å². The first kappa shape index (κ1) is 10.1. The van der Waals surface area contributed by atoms with Crippen molar-refractivity contribution in [2.75, 3.05) is 0 Å². The van der Waals surface area contributed by atoms with E-state index in [4.69, 9.17) is 4.84 Å². The topological polar surface area (TPSA) is 21.3 Å². The zero-order valence-corrected chi connectivity index (χ0v) is 9.40. The van der Waals surface area contributed by atoms with Gasteiger partial charge in [-0.1, -0.05) is 12.8 Å². The van der Waals surface area contributed by atoms with Crippen molar-refractivity contribution < 1.29 is 4.84 Å². The minimum absolute atomic E-state index is 0.454. The summed E-state index contributed by atoms with van der Waals surface area (Å²) in [5, 5.41) is 2.13. The summed E-state index contributed by atoms with van der Waals surface area (Å²) in [6.45, 7) is 2.99. The van der Waals surface area contributed by atoms with Crippen molar-refractivity contribution >= 4 is 11.3 Å². The fourth-order valence-corrected chi connectivity index (χ4v) is 2.65. The molecule has 0 amide bonds. The number of hydroxylamine groups is 1. The third-order valence-electron chi connectivity index (χ3n) is 2.75. The Labute approximate surface area is 89.2 Å². The minimum Gasteiger partial charge on any atom is -0.298 e. The molecule has 1 aromatic rings. The largest absolute Gasteiger partial charge is 0.298 e. The Kier molecular flexibility index (Phi) is 3.56. The van der Waals surface area contributed by atoms with Crippen molar-refractivity contribution in [2.45, 2.75) is 45.3 Å². The molecule has 78 valence electrons. The molecule has 0 unspecified atom stereocenters. The van der Waals surface area contributed by atoms with Gasteiger partial charge in [-0.3, -0.25) is 4.84 Å². The molecule has 2 rings (SSSR count). The summed E-state index contributed by atoms with van der Waals surface area (Å²) in [6, 6.07) is 2.15. The summed E-state index contributed by atoms with van der Waals surface area (Å²) < 4.78 is 0. The van der Waals surface area contributed by atoms with Gasteiger partial charge in [0.15, 0.2) is 0 Å².